The van der Waals surface area contributed by atoms with Gasteiger partial charge in [-0.1, -0.05) is 17.7 Å². The van der Waals surface area contributed by atoms with Crippen LogP contribution >= 0.6 is 0 Å². The summed E-state index contributed by atoms with van der Waals surface area (Å²) in [6.45, 7) is 6.53. The highest BCUT2D eigenvalue weighted by atomic mass is 16.5. The van der Waals surface area contributed by atoms with Gasteiger partial charge in [-0.3, -0.25) is 0 Å². The number of aryl methyl sites for hydroxylation is 1. The minimum absolute atomic E-state index is 0.0648. The lowest BCUT2D eigenvalue weighted by atomic mass is 10.1. The Bertz CT molecular complexity index is 504. The van der Waals surface area contributed by atoms with Crippen molar-refractivity contribution in [2.24, 2.45) is 5.92 Å². The molecule has 2 fully saturated rings. The Kier molecular flexibility index (Phi) is 10.7. The molecule has 0 aromatic heterocycles. The van der Waals surface area contributed by atoms with Gasteiger partial charge in [0.05, 0.1) is 13.2 Å². The van der Waals surface area contributed by atoms with E-state index in [1.165, 1.54) is 5.56 Å². The van der Waals surface area contributed by atoms with Crippen LogP contribution < -0.4 is 15.4 Å². The SMILES string of the molecule is CN1CCC(CNC(=O)O)C1.COc1ccc(C)cc1.OC1CCNC1. The van der Waals surface area contributed by atoms with Crippen LogP contribution in [0, 0.1) is 12.8 Å². The zero-order chi connectivity index (χ0) is 19.4. The van der Waals surface area contributed by atoms with Crippen molar-refractivity contribution in [1.29, 1.82) is 0 Å². The number of carbonyl (C=O) groups is 1. The first-order valence-corrected chi connectivity index (χ1v) is 9.05. The van der Waals surface area contributed by atoms with Crippen LogP contribution in [0.1, 0.15) is 18.4 Å². The van der Waals surface area contributed by atoms with Crippen molar-refractivity contribution in [1.82, 2.24) is 15.5 Å². The largest absolute Gasteiger partial charge is 0.497 e. The molecule has 148 valence electrons. The third-order valence-corrected chi connectivity index (χ3v) is 4.32. The number of likely N-dealkylation sites (tertiary alicyclic amines) is 1. The molecule has 3 rings (SSSR count). The monoisotopic (exact) mass is 367 g/mol. The van der Waals surface area contributed by atoms with Gasteiger partial charge < -0.3 is 30.5 Å². The maximum Gasteiger partial charge on any atom is 0.404 e. The minimum Gasteiger partial charge on any atom is -0.497 e. The summed E-state index contributed by atoms with van der Waals surface area (Å²) in [4.78, 5) is 12.3. The van der Waals surface area contributed by atoms with Crippen LogP contribution in [0.4, 0.5) is 4.79 Å². The number of hydrogen-bond acceptors (Lipinski definition) is 5. The molecule has 0 aliphatic carbocycles. The van der Waals surface area contributed by atoms with Crippen molar-refractivity contribution in [3.63, 3.8) is 0 Å². The second kappa shape index (κ2) is 12.5. The van der Waals surface area contributed by atoms with Gasteiger partial charge in [-0.25, -0.2) is 4.79 Å². The zero-order valence-electron chi connectivity index (χ0n) is 16.1. The fraction of sp³-hybridized carbons (Fsp3) is 0.632. The van der Waals surface area contributed by atoms with E-state index in [-0.39, 0.29) is 6.10 Å². The van der Waals surface area contributed by atoms with Crippen LogP contribution in [0.2, 0.25) is 0 Å². The summed E-state index contributed by atoms with van der Waals surface area (Å²) in [5.41, 5.74) is 1.26. The number of aliphatic hydroxyl groups is 1. The maximum absolute atomic E-state index is 10.1. The number of amides is 1. The van der Waals surface area contributed by atoms with Crippen LogP contribution in [-0.4, -0.2) is 74.2 Å². The molecule has 7 heteroatoms. The molecule has 2 heterocycles. The fourth-order valence-electron chi connectivity index (χ4n) is 2.74. The topological polar surface area (TPSA) is 94.1 Å². The molecule has 2 atom stereocenters. The summed E-state index contributed by atoms with van der Waals surface area (Å²) in [7, 11) is 3.73. The van der Waals surface area contributed by atoms with Crippen molar-refractivity contribution < 1.29 is 19.7 Å². The van der Waals surface area contributed by atoms with Gasteiger partial charge in [0.1, 0.15) is 5.75 Å². The van der Waals surface area contributed by atoms with Gasteiger partial charge >= 0.3 is 6.09 Å². The molecule has 1 amide bonds. The van der Waals surface area contributed by atoms with Crippen molar-refractivity contribution in [3.05, 3.63) is 29.8 Å². The average Bonchev–Trinajstić information content (AvgIpc) is 3.26. The molecular formula is C19H33N3O4. The molecule has 4 N–H and O–H groups in total. The van der Waals surface area contributed by atoms with E-state index in [9.17, 15) is 4.79 Å². The molecular weight excluding hydrogens is 334 g/mol. The number of methoxy groups -OCH3 is 1. The molecule has 1 aromatic rings. The molecule has 0 spiro atoms. The van der Waals surface area contributed by atoms with Gasteiger partial charge in [0.2, 0.25) is 0 Å². The van der Waals surface area contributed by atoms with Gasteiger partial charge in [0.25, 0.3) is 0 Å². The number of rotatable bonds is 3. The Morgan fingerprint density at radius 1 is 1.35 bits per heavy atom. The van der Waals surface area contributed by atoms with E-state index in [1.807, 2.05) is 24.3 Å². The molecule has 26 heavy (non-hydrogen) atoms. The van der Waals surface area contributed by atoms with Gasteiger partial charge in [0.15, 0.2) is 0 Å². The Balaban J connectivity index is 0.000000203. The van der Waals surface area contributed by atoms with Crippen molar-refractivity contribution >= 4 is 6.09 Å². The Morgan fingerprint density at radius 2 is 2.04 bits per heavy atom. The standard InChI is InChI=1S/C8H10O.C7H14N2O2.C4H9NO/c1-7-3-5-8(9-2)6-4-7;1-9-3-2-6(5-9)4-8-7(10)11;6-4-1-2-5-3-4/h3-6H,1-2H3;6,8H,2-5H2,1H3,(H,10,11);4-6H,1-3H2. The Labute approximate surface area is 156 Å². The second-order valence-corrected chi connectivity index (χ2v) is 6.77. The summed E-state index contributed by atoms with van der Waals surface area (Å²) in [6, 6.07) is 7.96. The molecule has 2 aliphatic rings. The van der Waals surface area contributed by atoms with E-state index < -0.39 is 6.09 Å². The third-order valence-electron chi connectivity index (χ3n) is 4.32. The van der Waals surface area contributed by atoms with Crippen LogP contribution in [-0.2, 0) is 0 Å². The molecule has 1 aromatic carbocycles. The Hall–Kier alpha value is -1.83. The number of hydrogen-bond donors (Lipinski definition) is 4. The molecule has 0 radical (unpaired) electrons. The first kappa shape index (κ1) is 22.2. The lowest BCUT2D eigenvalue weighted by Gasteiger charge is -2.09. The van der Waals surface area contributed by atoms with Crippen LogP contribution in [0.25, 0.3) is 0 Å². The third kappa shape index (κ3) is 10.2. The zero-order valence-corrected chi connectivity index (χ0v) is 16.1. The normalized spacial score (nSPS) is 21.8. The minimum atomic E-state index is -0.917. The predicted octanol–water partition coefficient (Wildman–Crippen LogP) is 1.55. The molecule has 2 unspecified atom stereocenters. The molecule has 2 saturated heterocycles. The summed E-state index contributed by atoms with van der Waals surface area (Å²) >= 11 is 0. The highest BCUT2D eigenvalue weighted by Gasteiger charge is 2.19. The second-order valence-electron chi connectivity index (χ2n) is 6.77. The smallest absolute Gasteiger partial charge is 0.404 e. The number of carboxylic acid groups (broad SMARTS) is 1. The Morgan fingerprint density at radius 3 is 2.42 bits per heavy atom. The van der Waals surface area contributed by atoms with Gasteiger partial charge in [-0.2, -0.15) is 0 Å². The van der Waals surface area contributed by atoms with Crippen molar-refractivity contribution in [3.8, 4) is 5.75 Å². The predicted molar refractivity (Wildman–Crippen MR) is 103 cm³/mol. The number of benzene rings is 1. The first-order valence-electron chi connectivity index (χ1n) is 9.05. The lowest BCUT2D eigenvalue weighted by molar-refractivity contribution is 0.192. The van der Waals surface area contributed by atoms with Gasteiger partial charge in [0, 0.05) is 19.6 Å². The van der Waals surface area contributed by atoms with Gasteiger partial charge in [-0.15, -0.1) is 0 Å². The fourth-order valence-corrected chi connectivity index (χ4v) is 2.74. The van der Waals surface area contributed by atoms with Crippen LogP contribution in [0.15, 0.2) is 24.3 Å². The van der Waals surface area contributed by atoms with Crippen molar-refractivity contribution in [2.75, 3.05) is 46.9 Å². The number of nitrogens with one attached hydrogen (secondary N) is 2. The van der Waals surface area contributed by atoms with E-state index in [1.54, 1.807) is 7.11 Å². The summed E-state index contributed by atoms with van der Waals surface area (Å²) in [5.74, 6) is 1.43. The lowest BCUT2D eigenvalue weighted by Crippen LogP contribution is -2.28. The van der Waals surface area contributed by atoms with E-state index in [0.29, 0.717) is 12.5 Å². The molecule has 2 aliphatic heterocycles. The summed E-state index contributed by atoms with van der Waals surface area (Å²) in [6.07, 6.45) is 1.06. The van der Waals surface area contributed by atoms with Gasteiger partial charge in [-0.05, 0) is 58.0 Å². The number of β-amino-alcohol motifs (C(OH)–C–C–N with tert-alkyl or cyclic N) is 1. The number of aliphatic hydroxyl groups excluding tert-OH is 1. The number of nitrogens with zero attached hydrogens (tertiary/aromatic N) is 1. The van der Waals surface area contributed by atoms with E-state index >= 15 is 0 Å². The quantitative estimate of drug-likeness (QED) is 0.648. The maximum atomic E-state index is 10.1. The average molecular weight is 367 g/mol. The van der Waals surface area contributed by atoms with E-state index in [2.05, 4.69) is 29.5 Å². The highest BCUT2D eigenvalue weighted by molar-refractivity contribution is 5.64. The number of ether oxygens (including phenoxy) is 1. The van der Waals surface area contributed by atoms with Crippen molar-refractivity contribution in [2.45, 2.75) is 25.9 Å². The van der Waals surface area contributed by atoms with Crippen LogP contribution in [0.5, 0.6) is 5.75 Å². The highest BCUT2D eigenvalue weighted by Crippen LogP contribution is 2.12. The summed E-state index contributed by atoms with van der Waals surface area (Å²) in [5, 5.41) is 22.4. The van der Waals surface area contributed by atoms with Crippen LogP contribution in [0.3, 0.4) is 0 Å². The first-order chi connectivity index (χ1) is 12.4. The van der Waals surface area contributed by atoms with E-state index in [0.717, 1.165) is 44.8 Å². The molecule has 0 bridgehead atoms. The molecule has 7 nitrogen and oxygen atoms in total. The summed E-state index contributed by atoms with van der Waals surface area (Å²) < 4.78 is 4.97. The van der Waals surface area contributed by atoms with E-state index in [4.69, 9.17) is 14.9 Å². The molecule has 0 saturated carbocycles.